The number of aromatic nitrogens is 2. The van der Waals surface area contributed by atoms with Gasteiger partial charge in [0.25, 0.3) is 0 Å². The molecule has 0 radical (unpaired) electrons. The lowest BCUT2D eigenvalue weighted by Gasteiger charge is -2.14. The van der Waals surface area contributed by atoms with Crippen molar-refractivity contribution < 1.29 is 4.74 Å². The smallest absolute Gasteiger partial charge is 0.159 e. The molecule has 0 bridgehead atoms. The Labute approximate surface area is 105 Å². The second-order valence-corrected chi connectivity index (χ2v) is 4.19. The highest BCUT2D eigenvalue weighted by Gasteiger charge is 2.14. The van der Waals surface area contributed by atoms with Crippen molar-refractivity contribution in [3.63, 3.8) is 0 Å². The molecule has 1 heterocycles. The van der Waals surface area contributed by atoms with Gasteiger partial charge in [0.05, 0.1) is 10.2 Å². The summed E-state index contributed by atoms with van der Waals surface area (Å²) in [5, 5.41) is 3.05. The van der Waals surface area contributed by atoms with Crippen LogP contribution in [0.15, 0.2) is 4.47 Å². The molecule has 90 valence electrons. The molecule has 1 aromatic heterocycles. The van der Waals surface area contributed by atoms with E-state index in [0.717, 1.165) is 28.2 Å². The van der Waals surface area contributed by atoms with Crippen molar-refractivity contribution in [2.75, 3.05) is 19.0 Å². The van der Waals surface area contributed by atoms with Crippen molar-refractivity contribution in [3.8, 4) is 0 Å². The standard InChI is InChI=1S/C11H18BrN3O/c1-5-8-9(12)11(13-4)15-10(14-8)7(3)16-6-2/h7H,5-6H2,1-4H3,(H,13,14,15). The fourth-order valence-electron chi connectivity index (χ4n) is 1.42. The predicted molar refractivity (Wildman–Crippen MR) is 68.7 cm³/mol. The molecule has 4 nitrogen and oxygen atoms in total. The zero-order valence-corrected chi connectivity index (χ0v) is 11.8. The summed E-state index contributed by atoms with van der Waals surface area (Å²) in [5.74, 6) is 1.54. The van der Waals surface area contributed by atoms with E-state index in [1.54, 1.807) is 0 Å². The summed E-state index contributed by atoms with van der Waals surface area (Å²) in [5.41, 5.74) is 1.00. The van der Waals surface area contributed by atoms with Gasteiger partial charge in [-0.05, 0) is 36.2 Å². The zero-order chi connectivity index (χ0) is 12.1. The zero-order valence-electron chi connectivity index (χ0n) is 10.2. The van der Waals surface area contributed by atoms with Crippen LogP contribution in [0.5, 0.6) is 0 Å². The first-order valence-electron chi connectivity index (χ1n) is 5.49. The fourth-order valence-corrected chi connectivity index (χ4v) is 2.07. The minimum atomic E-state index is -0.0736. The third-order valence-electron chi connectivity index (χ3n) is 2.29. The number of nitrogens with zero attached hydrogens (tertiary/aromatic N) is 2. The normalized spacial score (nSPS) is 12.6. The lowest BCUT2D eigenvalue weighted by molar-refractivity contribution is 0.0700. The number of ether oxygens (including phenoxy) is 1. The van der Waals surface area contributed by atoms with Gasteiger partial charge in [0.15, 0.2) is 5.82 Å². The highest BCUT2D eigenvalue weighted by molar-refractivity contribution is 9.10. The maximum Gasteiger partial charge on any atom is 0.159 e. The van der Waals surface area contributed by atoms with Crippen LogP contribution in [0.1, 0.15) is 38.4 Å². The van der Waals surface area contributed by atoms with Crippen LogP contribution in [0.3, 0.4) is 0 Å². The molecule has 1 unspecified atom stereocenters. The molecular formula is C11H18BrN3O. The van der Waals surface area contributed by atoms with E-state index in [9.17, 15) is 0 Å². The van der Waals surface area contributed by atoms with Crippen LogP contribution in [0.25, 0.3) is 0 Å². The topological polar surface area (TPSA) is 47.0 Å². The maximum atomic E-state index is 5.50. The second kappa shape index (κ2) is 6.15. The summed E-state index contributed by atoms with van der Waals surface area (Å²) in [4.78, 5) is 8.92. The van der Waals surface area contributed by atoms with Gasteiger partial charge >= 0.3 is 0 Å². The van der Waals surface area contributed by atoms with E-state index < -0.39 is 0 Å². The van der Waals surface area contributed by atoms with E-state index >= 15 is 0 Å². The molecular weight excluding hydrogens is 270 g/mol. The predicted octanol–water partition coefficient (Wildman–Crippen LogP) is 2.94. The van der Waals surface area contributed by atoms with Crippen LogP contribution in [0.2, 0.25) is 0 Å². The van der Waals surface area contributed by atoms with Crippen LogP contribution in [0, 0.1) is 0 Å². The van der Waals surface area contributed by atoms with Gasteiger partial charge in [-0.15, -0.1) is 0 Å². The molecule has 0 saturated carbocycles. The van der Waals surface area contributed by atoms with Crippen molar-refractivity contribution in [1.29, 1.82) is 0 Å². The molecule has 0 aromatic carbocycles. The van der Waals surface area contributed by atoms with E-state index in [1.165, 1.54) is 0 Å². The Morgan fingerprint density at radius 2 is 2.06 bits per heavy atom. The monoisotopic (exact) mass is 287 g/mol. The summed E-state index contributed by atoms with van der Waals surface area (Å²) in [6, 6.07) is 0. The first kappa shape index (κ1) is 13.4. The van der Waals surface area contributed by atoms with Crippen molar-refractivity contribution in [1.82, 2.24) is 9.97 Å². The molecule has 0 aliphatic heterocycles. The summed E-state index contributed by atoms with van der Waals surface area (Å²) in [6.07, 6.45) is 0.791. The number of rotatable bonds is 5. The lowest BCUT2D eigenvalue weighted by atomic mass is 10.3. The first-order chi connectivity index (χ1) is 7.63. The fraction of sp³-hybridized carbons (Fsp3) is 0.636. The molecule has 5 heteroatoms. The summed E-state index contributed by atoms with van der Waals surface area (Å²) >= 11 is 3.50. The third kappa shape index (κ3) is 2.92. The molecule has 1 atom stereocenters. The Balaban J connectivity index is 3.11. The Hall–Kier alpha value is -0.680. The average molecular weight is 288 g/mol. The molecule has 0 saturated heterocycles. The van der Waals surface area contributed by atoms with E-state index in [4.69, 9.17) is 4.74 Å². The van der Waals surface area contributed by atoms with Crippen molar-refractivity contribution in [3.05, 3.63) is 16.0 Å². The third-order valence-corrected chi connectivity index (χ3v) is 3.12. The SMILES string of the molecule is CCOC(C)c1nc(CC)c(Br)c(NC)n1. The van der Waals surface area contributed by atoms with Gasteiger partial charge in [0.1, 0.15) is 11.9 Å². The van der Waals surface area contributed by atoms with Crippen molar-refractivity contribution >= 4 is 21.7 Å². The van der Waals surface area contributed by atoms with Gasteiger partial charge < -0.3 is 10.1 Å². The minimum absolute atomic E-state index is 0.0736. The number of aryl methyl sites for hydroxylation is 1. The van der Waals surface area contributed by atoms with Crippen molar-refractivity contribution in [2.24, 2.45) is 0 Å². The molecule has 1 rings (SSSR count). The van der Waals surface area contributed by atoms with Gasteiger partial charge in [-0.2, -0.15) is 0 Å². The quantitative estimate of drug-likeness (QED) is 0.905. The molecule has 0 spiro atoms. The molecule has 0 aliphatic carbocycles. The molecule has 0 amide bonds. The average Bonchev–Trinajstić information content (AvgIpc) is 2.29. The number of anilines is 1. The number of hydrogen-bond acceptors (Lipinski definition) is 4. The van der Waals surface area contributed by atoms with Crippen LogP contribution < -0.4 is 5.32 Å². The molecule has 1 N–H and O–H groups in total. The number of hydrogen-bond donors (Lipinski definition) is 1. The van der Waals surface area contributed by atoms with Gasteiger partial charge in [-0.3, -0.25) is 0 Å². The highest BCUT2D eigenvalue weighted by Crippen LogP contribution is 2.26. The van der Waals surface area contributed by atoms with Crippen LogP contribution in [0.4, 0.5) is 5.82 Å². The Morgan fingerprint density at radius 1 is 1.38 bits per heavy atom. The maximum absolute atomic E-state index is 5.50. The van der Waals surface area contributed by atoms with Crippen LogP contribution in [-0.4, -0.2) is 23.6 Å². The minimum Gasteiger partial charge on any atom is -0.372 e. The second-order valence-electron chi connectivity index (χ2n) is 3.39. The Bertz CT molecular complexity index is 332. The summed E-state index contributed by atoms with van der Waals surface area (Å²) in [7, 11) is 1.85. The van der Waals surface area contributed by atoms with Crippen molar-refractivity contribution in [2.45, 2.75) is 33.3 Å². The molecule has 0 aliphatic rings. The van der Waals surface area contributed by atoms with Gasteiger partial charge in [0, 0.05) is 13.7 Å². The van der Waals surface area contributed by atoms with Gasteiger partial charge in [-0.25, -0.2) is 9.97 Å². The molecule has 0 fully saturated rings. The van der Waals surface area contributed by atoms with Crippen LogP contribution in [-0.2, 0) is 11.2 Å². The Kier molecular flexibility index (Phi) is 5.15. The molecule has 16 heavy (non-hydrogen) atoms. The van der Waals surface area contributed by atoms with E-state index in [1.807, 2.05) is 20.9 Å². The van der Waals surface area contributed by atoms with E-state index in [0.29, 0.717) is 6.61 Å². The van der Waals surface area contributed by atoms with Crippen LogP contribution >= 0.6 is 15.9 Å². The summed E-state index contributed by atoms with van der Waals surface area (Å²) < 4.78 is 6.43. The highest BCUT2D eigenvalue weighted by atomic mass is 79.9. The Morgan fingerprint density at radius 3 is 2.56 bits per heavy atom. The first-order valence-corrected chi connectivity index (χ1v) is 6.28. The lowest BCUT2D eigenvalue weighted by Crippen LogP contribution is -2.10. The van der Waals surface area contributed by atoms with Gasteiger partial charge in [-0.1, -0.05) is 6.92 Å². The van der Waals surface area contributed by atoms with E-state index in [-0.39, 0.29) is 6.10 Å². The largest absolute Gasteiger partial charge is 0.372 e. The summed E-state index contributed by atoms with van der Waals surface area (Å²) in [6.45, 7) is 6.67. The number of halogens is 1. The van der Waals surface area contributed by atoms with E-state index in [2.05, 4.69) is 38.1 Å². The van der Waals surface area contributed by atoms with Gasteiger partial charge in [0.2, 0.25) is 0 Å². The molecule has 1 aromatic rings. The number of nitrogens with one attached hydrogen (secondary N) is 1.